The van der Waals surface area contributed by atoms with Crippen molar-refractivity contribution < 1.29 is 18.0 Å². The van der Waals surface area contributed by atoms with Crippen molar-refractivity contribution in [3.8, 4) is 22.0 Å². The maximum absolute atomic E-state index is 12.9. The number of rotatable bonds is 4. The Labute approximate surface area is 173 Å². The molecule has 2 aromatic carbocycles. The van der Waals surface area contributed by atoms with Gasteiger partial charge in [0.05, 0.1) is 16.1 Å². The number of carbonyl (C=O) groups is 1. The molecule has 4 rings (SSSR count). The molecule has 0 aliphatic heterocycles. The number of aromatic nitrogens is 3. The van der Waals surface area contributed by atoms with E-state index in [-0.39, 0.29) is 10.7 Å². The van der Waals surface area contributed by atoms with Crippen molar-refractivity contribution in [2.75, 3.05) is 5.32 Å². The molecule has 0 fully saturated rings. The van der Waals surface area contributed by atoms with E-state index in [1.54, 1.807) is 12.4 Å². The summed E-state index contributed by atoms with van der Waals surface area (Å²) in [6, 6.07) is 13.7. The Bertz CT molecular complexity index is 1200. The summed E-state index contributed by atoms with van der Waals surface area (Å²) in [6.07, 6.45) is -1.07. The third-order valence-electron chi connectivity index (χ3n) is 4.37. The van der Waals surface area contributed by atoms with Crippen molar-refractivity contribution in [1.82, 2.24) is 14.5 Å². The third kappa shape index (κ3) is 3.97. The van der Waals surface area contributed by atoms with Crippen LogP contribution in [-0.4, -0.2) is 20.4 Å². The van der Waals surface area contributed by atoms with Crippen LogP contribution in [0.4, 0.5) is 18.3 Å². The van der Waals surface area contributed by atoms with Gasteiger partial charge in [0, 0.05) is 30.6 Å². The quantitative estimate of drug-likeness (QED) is 0.468. The molecule has 1 N–H and O–H groups in total. The highest BCUT2D eigenvalue weighted by atomic mass is 32.1. The summed E-state index contributed by atoms with van der Waals surface area (Å²) in [5.41, 5.74) is 0.494. The number of alkyl halides is 3. The Morgan fingerprint density at radius 2 is 1.87 bits per heavy atom. The van der Waals surface area contributed by atoms with Crippen molar-refractivity contribution in [2.24, 2.45) is 7.05 Å². The molecule has 4 aromatic rings. The molecule has 0 aliphatic rings. The second-order valence-electron chi connectivity index (χ2n) is 6.46. The first-order valence-electron chi connectivity index (χ1n) is 8.85. The molecule has 0 spiro atoms. The van der Waals surface area contributed by atoms with Crippen LogP contribution in [0.1, 0.15) is 15.9 Å². The highest BCUT2D eigenvalue weighted by Gasteiger charge is 2.31. The van der Waals surface area contributed by atoms with E-state index < -0.39 is 17.6 Å². The molecule has 152 valence electrons. The molecule has 1 amide bonds. The van der Waals surface area contributed by atoms with Crippen molar-refractivity contribution in [3.05, 3.63) is 78.1 Å². The van der Waals surface area contributed by atoms with Crippen molar-refractivity contribution in [3.63, 3.8) is 0 Å². The summed E-state index contributed by atoms with van der Waals surface area (Å²) < 4.78 is 40.7. The average Bonchev–Trinajstić information content (AvgIpc) is 3.34. The molecule has 0 saturated carbocycles. The van der Waals surface area contributed by atoms with Gasteiger partial charge < -0.3 is 4.57 Å². The van der Waals surface area contributed by atoms with Crippen LogP contribution in [0.5, 0.6) is 0 Å². The van der Waals surface area contributed by atoms with Crippen LogP contribution >= 0.6 is 11.3 Å². The smallest absolute Gasteiger partial charge is 0.333 e. The zero-order valence-corrected chi connectivity index (χ0v) is 16.5. The monoisotopic (exact) mass is 428 g/mol. The fourth-order valence-electron chi connectivity index (χ4n) is 2.91. The molecule has 0 bridgehead atoms. The third-order valence-corrected chi connectivity index (χ3v) is 5.34. The lowest BCUT2D eigenvalue weighted by Gasteiger charge is -2.08. The number of imidazole rings is 1. The first-order chi connectivity index (χ1) is 14.3. The van der Waals surface area contributed by atoms with Crippen LogP contribution in [0.3, 0.4) is 0 Å². The SMILES string of the molecule is Cn1ccnc1-c1sc(NC(=O)c2cccc(C(F)(F)F)c2)nc1-c1ccccc1. The second kappa shape index (κ2) is 7.75. The van der Waals surface area contributed by atoms with Crippen LogP contribution in [0.25, 0.3) is 22.0 Å². The minimum atomic E-state index is -4.52. The van der Waals surface area contributed by atoms with E-state index in [1.807, 2.05) is 41.9 Å². The fourth-order valence-corrected chi connectivity index (χ4v) is 3.93. The lowest BCUT2D eigenvalue weighted by Crippen LogP contribution is -2.13. The Balaban J connectivity index is 1.70. The van der Waals surface area contributed by atoms with E-state index in [9.17, 15) is 18.0 Å². The Morgan fingerprint density at radius 3 is 2.53 bits per heavy atom. The van der Waals surface area contributed by atoms with Crippen LogP contribution in [-0.2, 0) is 13.2 Å². The number of carbonyl (C=O) groups excluding carboxylic acids is 1. The number of thiazole rings is 1. The van der Waals surface area contributed by atoms with Gasteiger partial charge in [-0.2, -0.15) is 13.2 Å². The summed E-state index contributed by atoms with van der Waals surface area (Å²) in [7, 11) is 1.84. The number of amides is 1. The van der Waals surface area contributed by atoms with Gasteiger partial charge in [-0.15, -0.1) is 0 Å². The summed E-state index contributed by atoms with van der Waals surface area (Å²) in [4.78, 5) is 22.2. The number of nitrogens with one attached hydrogen (secondary N) is 1. The predicted octanol–water partition coefficient (Wildman–Crippen LogP) is 5.48. The first kappa shape index (κ1) is 19.8. The van der Waals surface area contributed by atoms with Gasteiger partial charge in [-0.3, -0.25) is 10.1 Å². The molecule has 30 heavy (non-hydrogen) atoms. The number of benzene rings is 2. The predicted molar refractivity (Wildman–Crippen MR) is 109 cm³/mol. The van der Waals surface area contributed by atoms with Crippen molar-refractivity contribution in [2.45, 2.75) is 6.18 Å². The zero-order valence-electron chi connectivity index (χ0n) is 15.6. The zero-order chi connectivity index (χ0) is 21.3. The van der Waals surface area contributed by atoms with E-state index in [2.05, 4.69) is 15.3 Å². The number of nitrogens with zero attached hydrogens (tertiary/aromatic N) is 3. The second-order valence-corrected chi connectivity index (χ2v) is 7.46. The van der Waals surface area contributed by atoms with E-state index in [0.29, 0.717) is 11.5 Å². The molecule has 2 heterocycles. The molecular weight excluding hydrogens is 413 g/mol. The van der Waals surface area contributed by atoms with Gasteiger partial charge in [0.15, 0.2) is 11.0 Å². The highest BCUT2D eigenvalue weighted by Crippen LogP contribution is 2.38. The number of aryl methyl sites for hydroxylation is 1. The Kier molecular flexibility index (Phi) is 5.13. The molecule has 0 unspecified atom stereocenters. The molecule has 0 saturated heterocycles. The Hall–Kier alpha value is -3.46. The van der Waals surface area contributed by atoms with Crippen molar-refractivity contribution >= 4 is 22.4 Å². The minimum absolute atomic E-state index is 0.0974. The van der Waals surface area contributed by atoms with E-state index in [1.165, 1.54) is 23.5 Å². The Morgan fingerprint density at radius 1 is 1.10 bits per heavy atom. The van der Waals surface area contributed by atoms with Gasteiger partial charge in [0.1, 0.15) is 0 Å². The van der Waals surface area contributed by atoms with Crippen LogP contribution < -0.4 is 5.32 Å². The van der Waals surface area contributed by atoms with Gasteiger partial charge >= 0.3 is 6.18 Å². The van der Waals surface area contributed by atoms with Crippen molar-refractivity contribution in [1.29, 1.82) is 0 Å². The van der Waals surface area contributed by atoms with Crippen LogP contribution in [0.2, 0.25) is 0 Å². The van der Waals surface area contributed by atoms with E-state index in [4.69, 9.17) is 0 Å². The lowest BCUT2D eigenvalue weighted by atomic mass is 10.1. The average molecular weight is 428 g/mol. The maximum Gasteiger partial charge on any atom is 0.416 e. The topological polar surface area (TPSA) is 59.8 Å². The molecule has 9 heteroatoms. The summed E-state index contributed by atoms with van der Waals surface area (Å²) >= 11 is 1.21. The number of anilines is 1. The lowest BCUT2D eigenvalue weighted by molar-refractivity contribution is -0.137. The molecule has 0 atom stereocenters. The largest absolute Gasteiger partial charge is 0.416 e. The molecule has 0 radical (unpaired) electrons. The van der Waals surface area contributed by atoms with Gasteiger partial charge in [-0.1, -0.05) is 47.7 Å². The van der Waals surface area contributed by atoms with Gasteiger partial charge in [-0.25, -0.2) is 9.97 Å². The maximum atomic E-state index is 12.9. The summed E-state index contributed by atoms with van der Waals surface area (Å²) in [5, 5.41) is 2.89. The summed E-state index contributed by atoms with van der Waals surface area (Å²) in [6.45, 7) is 0. The highest BCUT2D eigenvalue weighted by molar-refractivity contribution is 7.19. The van der Waals surface area contributed by atoms with Crippen LogP contribution in [0, 0.1) is 0 Å². The summed E-state index contributed by atoms with van der Waals surface area (Å²) in [5.74, 6) is 0.00627. The normalized spacial score (nSPS) is 11.5. The standard InChI is InChI=1S/C21H15F3N4OS/c1-28-11-10-25-18(28)17-16(13-6-3-2-4-7-13)26-20(30-17)27-19(29)14-8-5-9-15(12-14)21(22,23)24/h2-12H,1H3,(H,26,27,29). The van der Waals surface area contributed by atoms with Gasteiger partial charge in [-0.05, 0) is 18.2 Å². The number of halogens is 3. The number of hydrogen-bond donors (Lipinski definition) is 1. The van der Waals surface area contributed by atoms with Crippen LogP contribution in [0.15, 0.2) is 67.0 Å². The first-order valence-corrected chi connectivity index (χ1v) is 9.67. The fraction of sp³-hybridized carbons (Fsp3) is 0.0952. The number of hydrogen-bond acceptors (Lipinski definition) is 4. The van der Waals surface area contributed by atoms with E-state index >= 15 is 0 Å². The molecular formula is C21H15F3N4OS. The minimum Gasteiger partial charge on any atom is -0.333 e. The van der Waals surface area contributed by atoms with Gasteiger partial charge in [0.25, 0.3) is 5.91 Å². The molecule has 2 aromatic heterocycles. The molecule has 0 aliphatic carbocycles. The van der Waals surface area contributed by atoms with E-state index in [0.717, 1.165) is 22.6 Å². The molecule has 5 nitrogen and oxygen atoms in total. The van der Waals surface area contributed by atoms with Gasteiger partial charge in [0.2, 0.25) is 0 Å².